The molecular formula is C11H16N4O5. The van der Waals surface area contributed by atoms with Crippen molar-refractivity contribution < 1.29 is 24.0 Å². The van der Waals surface area contributed by atoms with E-state index in [-0.39, 0.29) is 30.6 Å². The number of oxime groups is 1. The van der Waals surface area contributed by atoms with Crippen molar-refractivity contribution in [1.29, 1.82) is 0 Å². The number of ether oxygens (including phenoxy) is 2. The van der Waals surface area contributed by atoms with Gasteiger partial charge >= 0.3 is 0 Å². The summed E-state index contributed by atoms with van der Waals surface area (Å²) in [6.45, 7) is 1.15. The van der Waals surface area contributed by atoms with Crippen molar-refractivity contribution >= 4 is 11.7 Å². The predicted octanol–water partition coefficient (Wildman–Crippen LogP) is -0.592. The predicted molar refractivity (Wildman–Crippen MR) is 66.3 cm³/mol. The minimum absolute atomic E-state index is 0.0669. The van der Waals surface area contributed by atoms with Crippen LogP contribution in [-0.4, -0.2) is 59.9 Å². The van der Waals surface area contributed by atoms with Crippen LogP contribution in [0, 0.1) is 0 Å². The Morgan fingerprint density at radius 2 is 2.55 bits per heavy atom. The largest absolute Gasteiger partial charge is 0.409 e. The highest BCUT2D eigenvalue weighted by Gasteiger charge is 2.29. The molecule has 1 fully saturated rings. The molecule has 1 aromatic rings. The van der Waals surface area contributed by atoms with Gasteiger partial charge in [0, 0.05) is 19.7 Å². The second kappa shape index (κ2) is 6.35. The maximum absolute atomic E-state index is 12.2. The molecular weight excluding hydrogens is 268 g/mol. The molecule has 1 amide bonds. The Morgan fingerprint density at radius 1 is 1.75 bits per heavy atom. The van der Waals surface area contributed by atoms with Crippen LogP contribution in [-0.2, 0) is 16.1 Å². The number of nitrogens with two attached hydrogens (primary N) is 1. The number of rotatable bonds is 4. The van der Waals surface area contributed by atoms with Crippen LogP contribution in [0.4, 0.5) is 0 Å². The second-order valence-electron chi connectivity index (χ2n) is 4.25. The van der Waals surface area contributed by atoms with Crippen LogP contribution < -0.4 is 5.73 Å². The van der Waals surface area contributed by atoms with Gasteiger partial charge in [-0.05, 0) is 0 Å². The Bertz CT molecular complexity index is 501. The van der Waals surface area contributed by atoms with Gasteiger partial charge in [0.15, 0.2) is 17.3 Å². The van der Waals surface area contributed by atoms with Gasteiger partial charge in [0.2, 0.25) is 0 Å². The lowest BCUT2D eigenvalue weighted by Gasteiger charge is -2.31. The Morgan fingerprint density at radius 3 is 3.25 bits per heavy atom. The molecule has 1 aliphatic heterocycles. The molecule has 1 saturated heterocycles. The van der Waals surface area contributed by atoms with E-state index in [4.69, 9.17) is 24.9 Å². The summed E-state index contributed by atoms with van der Waals surface area (Å²) < 4.78 is 15.2. The van der Waals surface area contributed by atoms with E-state index in [1.54, 1.807) is 0 Å². The number of morpholine rings is 1. The lowest BCUT2D eigenvalue weighted by molar-refractivity contribution is 0.00629. The van der Waals surface area contributed by atoms with Gasteiger partial charge in [0.1, 0.15) is 12.7 Å². The first-order valence-electron chi connectivity index (χ1n) is 5.98. The van der Waals surface area contributed by atoms with E-state index in [1.807, 2.05) is 0 Å². The molecule has 9 nitrogen and oxygen atoms in total. The molecule has 1 aromatic heterocycles. The third-order valence-electron chi connectivity index (χ3n) is 2.86. The van der Waals surface area contributed by atoms with E-state index in [0.717, 1.165) is 0 Å². The van der Waals surface area contributed by atoms with Crippen LogP contribution in [0.5, 0.6) is 0 Å². The zero-order valence-electron chi connectivity index (χ0n) is 11.0. The van der Waals surface area contributed by atoms with E-state index >= 15 is 0 Å². The monoisotopic (exact) mass is 284 g/mol. The van der Waals surface area contributed by atoms with E-state index < -0.39 is 6.10 Å². The van der Waals surface area contributed by atoms with Gasteiger partial charge < -0.3 is 29.8 Å². The quantitative estimate of drug-likeness (QED) is 0.328. The summed E-state index contributed by atoms with van der Waals surface area (Å²) in [5.41, 5.74) is 5.67. The number of nitrogens with zero attached hydrogens (tertiary/aromatic N) is 3. The summed E-state index contributed by atoms with van der Waals surface area (Å²) >= 11 is 0. The first-order valence-corrected chi connectivity index (χ1v) is 5.98. The molecule has 0 spiro atoms. The first kappa shape index (κ1) is 14.3. The minimum Gasteiger partial charge on any atom is -0.409 e. The molecule has 2 heterocycles. The fraction of sp³-hybridized carbons (Fsp3) is 0.545. The Balaban J connectivity index is 2.04. The standard InChI is InChI=1S/C11H16N4O5/c1-18-6-7-4-8(14-20-7)11(16)15-2-3-19-9(5-15)10(12)13-17/h4,9,17H,2-3,5-6H2,1H3,(H2,12,13). The van der Waals surface area contributed by atoms with Crippen LogP contribution >= 0.6 is 0 Å². The molecule has 2 rings (SSSR count). The van der Waals surface area contributed by atoms with Gasteiger partial charge in [0.05, 0.1) is 13.2 Å². The smallest absolute Gasteiger partial charge is 0.276 e. The molecule has 0 radical (unpaired) electrons. The fourth-order valence-electron chi connectivity index (χ4n) is 1.86. The van der Waals surface area contributed by atoms with Gasteiger partial charge in [-0.15, -0.1) is 0 Å². The number of hydrogen-bond acceptors (Lipinski definition) is 7. The second-order valence-corrected chi connectivity index (χ2v) is 4.25. The summed E-state index contributed by atoms with van der Waals surface area (Å²) in [5, 5.41) is 15.2. The molecule has 0 aliphatic carbocycles. The van der Waals surface area contributed by atoms with Crippen LogP contribution in [0.3, 0.4) is 0 Å². The van der Waals surface area contributed by atoms with Crippen LogP contribution in [0.25, 0.3) is 0 Å². The van der Waals surface area contributed by atoms with Crippen molar-refractivity contribution in [3.05, 3.63) is 17.5 Å². The number of aromatic nitrogens is 1. The number of amides is 1. The summed E-state index contributed by atoms with van der Waals surface area (Å²) in [4.78, 5) is 13.8. The third-order valence-corrected chi connectivity index (χ3v) is 2.86. The average molecular weight is 284 g/mol. The van der Waals surface area contributed by atoms with Crippen LogP contribution in [0.15, 0.2) is 15.7 Å². The van der Waals surface area contributed by atoms with E-state index in [0.29, 0.717) is 18.9 Å². The van der Waals surface area contributed by atoms with Crippen molar-refractivity contribution in [1.82, 2.24) is 10.1 Å². The Labute approximate surface area is 114 Å². The van der Waals surface area contributed by atoms with Gasteiger partial charge in [-0.3, -0.25) is 4.79 Å². The van der Waals surface area contributed by atoms with Crippen molar-refractivity contribution in [3.8, 4) is 0 Å². The first-order chi connectivity index (χ1) is 9.65. The van der Waals surface area contributed by atoms with Crippen molar-refractivity contribution in [2.24, 2.45) is 10.9 Å². The summed E-state index contributed by atoms with van der Waals surface area (Å²) in [7, 11) is 1.52. The molecule has 3 N–H and O–H groups in total. The highest BCUT2D eigenvalue weighted by Crippen LogP contribution is 2.12. The molecule has 0 bridgehead atoms. The minimum atomic E-state index is -0.622. The van der Waals surface area contributed by atoms with E-state index in [1.165, 1.54) is 18.1 Å². The van der Waals surface area contributed by atoms with Crippen molar-refractivity contribution in [3.63, 3.8) is 0 Å². The fourth-order valence-corrected chi connectivity index (χ4v) is 1.86. The molecule has 1 unspecified atom stereocenters. The lowest BCUT2D eigenvalue weighted by atomic mass is 10.2. The molecule has 110 valence electrons. The van der Waals surface area contributed by atoms with Gasteiger partial charge in [-0.25, -0.2) is 0 Å². The van der Waals surface area contributed by atoms with Gasteiger partial charge in [-0.1, -0.05) is 10.3 Å². The molecule has 9 heteroatoms. The SMILES string of the molecule is COCc1cc(C(=O)N2CCOC(C(N)=NO)C2)no1. The maximum Gasteiger partial charge on any atom is 0.276 e. The maximum atomic E-state index is 12.2. The zero-order chi connectivity index (χ0) is 14.5. The van der Waals surface area contributed by atoms with E-state index in [2.05, 4.69) is 10.3 Å². The zero-order valence-corrected chi connectivity index (χ0v) is 11.0. The highest BCUT2D eigenvalue weighted by molar-refractivity contribution is 5.93. The van der Waals surface area contributed by atoms with Crippen LogP contribution in [0.2, 0.25) is 0 Å². The van der Waals surface area contributed by atoms with Gasteiger partial charge in [-0.2, -0.15) is 0 Å². The number of carbonyl (C=O) groups is 1. The molecule has 1 aliphatic rings. The van der Waals surface area contributed by atoms with E-state index in [9.17, 15) is 4.79 Å². The average Bonchev–Trinajstić information content (AvgIpc) is 2.95. The van der Waals surface area contributed by atoms with Gasteiger partial charge in [0.25, 0.3) is 5.91 Å². The normalized spacial score (nSPS) is 20.1. The van der Waals surface area contributed by atoms with Crippen molar-refractivity contribution in [2.75, 3.05) is 26.8 Å². The number of carbonyl (C=O) groups excluding carboxylic acids is 1. The highest BCUT2D eigenvalue weighted by atomic mass is 16.5. The summed E-state index contributed by atoms with van der Waals surface area (Å²) in [6, 6.07) is 1.53. The summed E-state index contributed by atoms with van der Waals surface area (Å²) in [5.74, 6) is 0.106. The molecule has 0 saturated carbocycles. The third kappa shape index (κ3) is 3.06. The molecule has 0 aromatic carbocycles. The Hall–Kier alpha value is -2.13. The Kier molecular flexibility index (Phi) is 4.53. The lowest BCUT2D eigenvalue weighted by Crippen LogP contribution is -2.50. The number of hydrogen-bond donors (Lipinski definition) is 2. The molecule has 1 atom stereocenters. The van der Waals surface area contributed by atoms with Crippen LogP contribution in [0.1, 0.15) is 16.2 Å². The van der Waals surface area contributed by atoms with Crippen molar-refractivity contribution in [2.45, 2.75) is 12.7 Å². The molecule has 20 heavy (non-hydrogen) atoms. The number of amidine groups is 1. The number of methoxy groups -OCH3 is 1. The summed E-state index contributed by atoms with van der Waals surface area (Å²) in [6.07, 6.45) is -0.622. The topological polar surface area (TPSA) is 123 Å².